The van der Waals surface area contributed by atoms with Crippen molar-refractivity contribution in [3.05, 3.63) is 92.9 Å². The molecule has 2 heterocycles. The quantitative estimate of drug-likeness (QED) is 0.606. The molecular weight excluding hydrogens is 362 g/mol. The molecule has 8 nitrogen and oxygen atoms in total. The fourth-order valence-electron chi connectivity index (χ4n) is 4.68. The van der Waals surface area contributed by atoms with Crippen LogP contribution in [0, 0.1) is 10.1 Å². The van der Waals surface area contributed by atoms with E-state index in [2.05, 4.69) is 0 Å². The number of hydrogen-bond donors (Lipinski definition) is 2. The monoisotopic (exact) mass is 379 g/mol. The number of nitro groups is 1. The Morgan fingerprint density at radius 3 is 2.43 bits per heavy atom. The van der Waals surface area contributed by atoms with Crippen LogP contribution in [0.5, 0.6) is 0 Å². The lowest BCUT2D eigenvalue weighted by Gasteiger charge is -2.34. The lowest BCUT2D eigenvalue weighted by molar-refractivity contribution is -0.450. The maximum Gasteiger partial charge on any atom is 0.327 e. The Hall–Kier alpha value is -3.23. The Kier molecular flexibility index (Phi) is 3.26. The summed E-state index contributed by atoms with van der Waals surface area (Å²) in [6, 6.07) is 15.5. The fraction of sp³-hybridized carbons (Fsp3) is 0.250. The van der Waals surface area contributed by atoms with E-state index in [0.29, 0.717) is 13.1 Å². The van der Waals surface area contributed by atoms with Gasteiger partial charge in [-0.3, -0.25) is 14.9 Å². The van der Waals surface area contributed by atoms with Gasteiger partial charge in [0.15, 0.2) is 5.82 Å². The lowest BCUT2D eigenvalue weighted by atomic mass is 9.88. The van der Waals surface area contributed by atoms with Crippen LogP contribution in [0.1, 0.15) is 21.5 Å². The number of nitrogens with zero attached hydrogens (tertiary/aromatic N) is 3. The number of carbonyl (C=O) groups excluding carboxylic acids is 1. The van der Waals surface area contributed by atoms with Crippen molar-refractivity contribution in [3.8, 4) is 0 Å². The second-order valence-electron chi connectivity index (χ2n) is 7.25. The fourth-order valence-corrected chi connectivity index (χ4v) is 4.68. The van der Waals surface area contributed by atoms with Crippen LogP contribution in [-0.4, -0.2) is 49.5 Å². The van der Waals surface area contributed by atoms with Crippen LogP contribution in [-0.2, 0) is 12.1 Å². The van der Waals surface area contributed by atoms with Gasteiger partial charge in [0, 0.05) is 30.8 Å². The SMILES string of the molecule is O=C1c2ccccc2C2(O)C([N+](=O)[O-])=C3N(Cc4ccccc4)CCN3C12O. The Morgan fingerprint density at radius 2 is 1.71 bits per heavy atom. The van der Waals surface area contributed by atoms with E-state index in [1.807, 2.05) is 30.3 Å². The van der Waals surface area contributed by atoms with Gasteiger partial charge in [-0.2, -0.15) is 0 Å². The first-order valence-corrected chi connectivity index (χ1v) is 8.95. The van der Waals surface area contributed by atoms with Gasteiger partial charge in [-0.05, 0) is 5.56 Å². The molecule has 1 saturated heterocycles. The molecule has 0 saturated carbocycles. The van der Waals surface area contributed by atoms with Crippen LogP contribution >= 0.6 is 0 Å². The molecule has 0 spiro atoms. The summed E-state index contributed by atoms with van der Waals surface area (Å²) in [4.78, 5) is 27.5. The van der Waals surface area contributed by atoms with E-state index in [-0.39, 0.29) is 23.5 Å². The zero-order valence-electron chi connectivity index (χ0n) is 14.8. The molecule has 142 valence electrons. The Morgan fingerprint density at radius 1 is 1.04 bits per heavy atom. The van der Waals surface area contributed by atoms with Crippen LogP contribution in [0.25, 0.3) is 0 Å². The number of hydrogen-bond acceptors (Lipinski definition) is 7. The normalized spacial score (nSPS) is 27.9. The number of fused-ring (bicyclic) bond motifs is 5. The molecule has 3 aliphatic rings. The predicted octanol–water partition coefficient (Wildman–Crippen LogP) is 1.04. The maximum absolute atomic E-state index is 13.1. The number of benzene rings is 2. The summed E-state index contributed by atoms with van der Waals surface area (Å²) in [6.45, 7) is 0.952. The molecule has 0 bridgehead atoms. The Labute approximate surface area is 160 Å². The molecule has 28 heavy (non-hydrogen) atoms. The zero-order valence-corrected chi connectivity index (χ0v) is 14.8. The lowest BCUT2D eigenvalue weighted by Crippen LogP contribution is -2.59. The topological polar surface area (TPSA) is 107 Å². The number of carbonyl (C=O) groups is 1. The average Bonchev–Trinajstić information content (AvgIpc) is 3.23. The van der Waals surface area contributed by atoms with Gasteiger partial charge >= 0.3 is 5.70 Å². The van der Waals surface area contributed by atoms with Gasteiger partial charge in [0.05, 0.1) is 4.92 Å². The second-order valence-corrected chi connectivity index (χ2v) is 7.25. The Balaban J connectivity index is 1.71. The van der Waals surface area contributed by atoms with Crippen LogP contribution < -0.4 is 0 Å². The largest absolute Gasteiger partial charge is 0.370 e. The minimum Gasteiger partial charge on any atom is -0.370 e. The molecule has 2 aromatic carbocycles. The number of Topliss-reactive ketones (excluding diaryl/α,β-unsaturated/α-hetero) is 1. The van der Waals surface area contributed by atoms with Gasteiger partial charge in [0.25, 0.3) is 0 Å². The summed E-state index contributed by atoms with van der Waals surface area (Å²) in [5, 5.41) is 35.0. The molecule has 2 unspecified atom stereocenters. The number of ketones is 1. The molecule has 1 aliphatic carbocycles. The third-order valence-electron chi connectivity index (χ3n) is 5.88. The van der Waals surface area contributed by atoms with Crippen LogP contribution in [0.15, 0.2) is 66.1 Å². The van der Waals surface area contributed by atoms with Crippen molar-refractivity contribution >= 4 is 5.78 Å². The van der Waals surface area contributed by atoms with Crippen molar-refractivity contribution in [2.45, 2.75) is 17.9 Å². The van der Waals surface area contributed by atoms with Crippen LogP contribution in [0.4, 0.5) is 0 Å². The molecule has 0 amide bonds. The maximum atomic E-state index is 13.1. The van der Waals surface area contributed by atoms with Gasteiger partial charge in [-0.1, -0.05) is 54.6 Å². The molecule has 2 atom stereocenters. The van der Waals surface area contributed by atoms with Crippen molar-refractivity contribution in [1.82, 2.24) is 9.80 Å². The average molecular weight is 379 g/mol. The molecule has 0 aromatic heterocycles. The summed E-state index contributed by atoms with van der Waals surface area (Å²) in [6.07, 6.45) is 0. The third-order valence-corrected chi connectivity index (χ3v) is 5.88. The first-order valence-electron chi connectivity index (χ1n) is 8.95. The molecule has 2 aliphatic heterocycles. The molecular formula is C20H17N3O5. The standard InChI is InChI=1S/C20H17N3O5/c24-17-14-8-4-5-9-15(14)19(25)16(23(27)28)18-21(10-11-22(18)20(17,19)26)12-13-6-2-1-3-7-13/h1-9,25-26H,10-12H2. The second kappa shape index (κ2) is 5.40. The molecule has 2 aromatic rings. The first-order chi connectivity index (χ1) is 13.4. The molecule has 8 heteroatoms. The van der Waals surface area contributed by atoms with Gasteiger partial charge < -0.3 is 20.0 Å². The zero-order chi connectivity index (χ0) is 19.7. The molecule has 1 fully saturated rings. The van der Waals surface area contributed by atoms with E-state index in [4.69, 9.17) is 0 Å². The van der Waals surface area contributed by atoms with Crippen molar-refractivity contribution in [1.29, 1.82) is 0 Å². The van der Waals surface area contributed by atoms with E-state index >= 15 is 0 Å². The van der Waals surface area contributed by atoms with Crippen molar-refractivity contribution < 1.29 is 19.9 Å². The van der Waals surface area contributed by atoms with Crippen molar-refractivity contribution in [2.24, 2.45) is 0 Å². The highest BCUT2D eigenvalue weighted by Crippen LogP contribution is 2.58. The number of aliphatic hydroxyl groups is 2. The minimum atomic E-state index is -2.42. The van der Waals surface area contributed by atoms with Gasteiger partial charge in [0.2, 0.25) is 17.1 Å². The Bertz CT molecular complexity index is 1050. The molecule has 2 N–H and O–H groups in total. The minimum absolute atomic E-state index is 0.0655. The van der Waals surface area contributed by atoms with Gasteiger partial charge in [0.1, 0.15) is 0 Å². The summed E-state index contributed by atoms with van der Waals surface area (Å²) >= 11 is 0. The summed E-state index contributed by atoms with van der Waals surface area (Å²) in [5.74, 6) is -0.622. The molecule has 5 rings (SSSR count). The van der Waals surface area contributed by atoms with Gasteiger partial charge in [-0.15, -0.1) is 0 Å². The van der Waals surface area contributed by atoms with Crippen molar-refractivity contribution in [2.75, 3.05) is 13.1 Å². The van der Waals surface area contributed by atoms with E-state index < -0.39 is 27.7 Å². The first kappa shape index (κ1) is 16.9. The summed E-state index contributed by atoms with van der Waals surface area (Å²) < 4.78 is 0. The van der Waals surface area contributed by atoms with E-state index in [9.17, 15) is 25.1 Å². The van der Waals surface area contributed by atoms with Crippen molar-refractivity contribution in [3.63, 3.8) is 0 Å². The predicted molar refractivity (Wildman–Crippen MR) is 97.2 cm³/mol. The van der Waals surface area contributed by atoms with E-state index in [1.165, 1.54) is 17.0 Å². The van der Waals surface area contributed by atoms with Gasteiger partial charge in [-0.25, -0.2) is 0 Å². The highest BCUT2D eigenvalue weighted by Gasteiger charge is 2.78. The third kappa shape index (κ3) is 1.78. The van der Waals surface area contributed by atoms with Crippen LogP contribution in [0.3, 0.4) is 0 Å². The summed E-state index contributed by atoms with van der Waals surface area (Å²) in [5.41, 5.74) is -4.29. The highest BCUT2D eigenvalue weighted by molar-refractivity contribution is 6.09. The van der Waals surface area contributed by atoms with E-state index in [0.717, 1.165) is 5.56 Å². The van der Waals surface area contributed by atoms with Crippen LogP contribution in [0.2, 0.25) is 0 Å². The number of rotatable bonds is 3. The highest BCUT2D eigenvalue weighted by atomic mass is 16.6. The molecule has 0 radical (unpaired) electrons. The van der Waals surface area contributed by atoms with E-state index in [1.54, 1.807) is 17.0 Å². The summed E-state index contributed by atoms with van der Waals surface area (Å²) in [7, 11) is 0. The smallest absolute Gasteiger partial charge is 0.327 e.